The normalized spacial score (nSPS) is 18.3. The smallest absolute Gasteiger partial charge is 0.107 e. The number of aliphatic hydroxyl groups is 1. The molecule has 3 rings (SSSR count). The SMILES string of the molecule is C=C([C@@H](C1CCCCC1)[C@H](O)c1ccccc1)[Si](C)(C)c1ccccc1. The Morgan fingerprint density at radius 2 is 1.46 bits per heavy atom. The molecule has 0 saturated heterocycles. The summed E-state index contributed by atoms with van der Waals surface area (Å²) in [6, 6.07) is 21.0. The lowest BCUT2D eigenvalue weighted by Crippen LogP contribution is -2.48. The summed E-state index contributed by atoms with van der Waals surface area (Å²) in [6.07, 6.45) is 5.87. The van der Waals surface area contributed by atoms with E-state index >= 15 is 0 Å². The molecule has 26 heavy (non-hydrogen) atoms. The molecule has 1 aliphatic carbocycles. The van der Waals surface area contributed by atoms with Gasteiger partial charge in [0, 0.05) is 5.92 Å². The second-order valence-electron chi connectivity index (χ2n) is 8.30. The average Bonchev–Trinajstić information content (AvgIpc) is 2.70. The molecule has 1 nitrogen and oxygen atoms in total. The molecule has 0 aliphatic heterocycles. The molecule has 2 aromatic carbocycles. The van der Waals surface area contributed by atoms with Gasteiger partial charge >= 0.3 is 0 Å². The van der Waals surface area contributed by atoms with Gasteiger partial charge in [0.1, 0.15) is 8.07 Å². The largest absolute Gasteiger partial charge is 0.388 e. The molecule has 2 atom stereocenters. The van der Waals surface area contributed by atoms with Crippen molar-refractivity contribution in [2.24, 2.45) is 11.8 Å². The highest BCUT2D eigenvalue weighted by Crippen LogP contribution is 2.43. The van der Waals surface area contributed by atoms with Gasteiger partial charge in [-0.1, -0.05) is 103 Å². The minimum atomic E-state index is -1.88. The van der Waals surface area contributed by atoms with E-state index in [4.69, 9.17) is 0 Å². The van der Waals surface area contributed by atoms with E-state index in [2.05, 4.69) is 62.1 Å². The molecule has 1 aliphatic rings. The number of hydrogen-bond acceptors (Lipinski definition) is 1. The fourth-order valence-electron chi connectivity index (χ4n) is 4.54. The van der Waals surface area contributed by atoms with E-state index in [1.54, 1.807) is 0 Å². The fourth-order valence-corrected chi connectivity index (χ4v) is 7.16. The van der Waals surface area contributed by atoms with Gasteiger partial charge in [-0.25, -0.2) is 0 Å². The van der Waals surface area contributed by atoms with E-state index in [1.165, 1.54) is 42.5 Å². The highest BCUT2D eigenvalue weighted by atomic mass is 28.3. The van der Waals surface area contributed by atoms with E-state index in [0.717, 1.165) is 5.56 Å². The Hall–Kier alpha value is -1.64. The number of aliphatic hydroxyl groups excluding tert-OH is 1. The van der Waals surface area contributed by atoms with Crippen molar-refractivity contribution < 1.29 is 5.11 Å². The van der Waals surface area contributed by atoms with Gasteiger partial charge in [0.05, 0.1) is 6.10 Å². The molecule has 1 fully saturated rings. The Kier molecular flexibility index (Phi) is 6.15. The maximum Gasteiger partial charge on any atom is 0.107 e. The zero-order valence-electron chi connectivity index (χ0n) is 16.2. The third kappa shape index (κ3) is 4.02. The van der Waals surface area contributed by atoms with Crippen molar-refractivity contribution >= 4 is 13.3 Å². The summed E-state index contributed by atoms with van der Waals surface area (Å²) in [5.41, 5.74) is 1.03. The van der Waals surface area contributed by atoms with Crippen molar-refractivity contribution in [1.29, 1.82) is 0 Å². The minimum Gasteiger partial charge on any atom is -0.388 e. The zero-order valence-corrected chi connectivity index (χ0v) is 17.2. The van der Waals surface area contributed by atoms with Crippen LogP contribution in [0.3, 0.4) is 0 Å². The number of rotatable bonds is 6. The summed E-state index contributed by atoms with van der Waals surface area (Å²) in [7, 11) is -1.88. The summed E-state index contributed by atoms with van der Waals surface area (Å²) in [5, 5.41) is 14.1. The van der Waals surface area contributed by atoms with E-state index in [-0.39, 0.29) is 5.92 Å². The third-order valence-corrected chi connectivity index (χ3v) is 10.1. The molecule has 1 N–H and O–H groups in total. The molecule has 0 bridgehead atoms. The van der Waals surface area contributed by atoms with E-state index in [1.807, 2.05) is 18.2 Å². The van der Waals surface area contributed by atoms with E-state index < -0.39 is 14.2 Å². The van der Waals surface area contributed by atoms with Gasteiger partial charge in [-0.2, -0.15) is 0 Å². The van der Waals surface area contributed by atoms with Crippen molar-refractivity contribution in [1.82, 2.24) is 0 Å². The lowest BCUT2D eigenvalue weighted by Gasteiger charge is -2.40. The van der Waals surface area contributed by atoms with Crippen LogP contribution in [0.1, 0.15) is 43.8 Å². The maximum absolute atomic E-state index is 11.4. The van der Waals surface area contributed by atoms with Crippen molar-refractivity contribution in [3.05, 3.63) is 78.0 Å². The monoisotopic (exact) mass is 364 g/mol. The molecule has 2 heteroatoms. The summed E-state index contributed by atoms with van der Waals surface area (Å²) in [6.45, 7) is 9.40. The van der Waals surface area contributed by atoms with Crippen molar-refractivity contribution in [2.75, 3.05) is 0 Å². The Labute approximate surface area is 159 Å². The Bertz CT molecular complexity index is 702. The van der Waals surface area contributed by atoms with Gasteiger partial charge in [-0.05, 0) is 24.3 Å². The number of benzene rings is 2. The lowest BCUT2D eigenvalue weighted by atomic mass is 9.76. The Morgan fingerprint density at radius 1 is 0.923 bits per heavy atom. The van der Waals surface area contributed by atoms with Crippen LogP contribution in [0.5, 0.6) is 0 Å². The van der Waals surface area contributed by atoms with Gasteiger partial charge in [0.15, 0.2) is 0 Å². The van der Waals surface area contributed by atoms with Crippen LogP contribution in [0.4, 0.5) is 0 Å². The average molecular weight is 365 g/mol. The molecule has 0 radical (unpaired) electrons. The van der Waals surface area contributed by atoms with Crippen LogP contribution in [0.15, 0.2) is 72.4 Å². The Balaban J connectivity index is 1.95. The van der Waals surface area contributed by atoms with E-state index in [9.17, 15) is 5.11 Å². The molecule has 0 aromatic heterocycles. The lowest BCUT2D eigenvalue weighted by molar-refractivity contribution is 0.0819. The fraction of sp³-hybridized carbons (Fsp3) is 0.417. The number of hydrogen-bond donors (Lipinski definition) is 1. The molecule has 2 aromatic rings. The first-order valence-electron chi connectivity index (χ1n) is 9.99. The van der Waals surface area contributed by atoms with Crippen LogP contribution < -0.4 is 5.19 Å². The topological polar surface area (TPSA) is 20.2 Å². The second kappa shape index (κ2) is 8.37. The highest BCUT2D eigenvalue weighted by Gasteiger charge is 2.39. The molecule has 138 valence electrons. The zero-order chi connectivity index (χ0) is 18.6. The van der Waals surface area contributed by atoms with Gasteiger partial charge in [-0.15, -0.1) is 6.58 Å². The quantitative estimate of drug-likeness (QED) is 0.659. The molecular formula is C24H32OSi. The molecule has 0 unspecified atom stereocenters. The summed E-state index contributed by atoms with van der Waals surface area (Å²) >= 11 is 0. The first kappa shape index (κ1) is 19.1. The first-order chi connectivity index (χ1) is 12.5. The summed E-state index contributed by atoms with van der Waals surface area (Å²) < 4.78 is 0. The van der Waals surface area contributed by atoms with Crippen LogP contribution >= 0.6 is 0 Å². The Morgan fingerprint density at radius 3 is 2.04 bits per heavy atom. The maximum atomic E-state index is 11.4. The molecule has 1 saturated carbocycles. The van der Waals surface area contributed by atoms with Gasteiger partial charge in [0.25, 0.3) is 0 Å². The summed E-state index contributed by atoms with van der Waals surface area (Å²) in [4.78, 5) is 0. The highest BCUT2D eigenvalue weighted by molar-refractivity contribution is 6.95. The van der Waals surface area contributed by atoms with Crippen molar-refractivity contribution in [2.45, 2.75) is 51.3 Å². The summed E-state index contributed by atoms with van der Waals surface area (Å²) in [5.74, 6) is 0.696. The molecule has 0 heterocycles. The van der Waals surface area contributed by atoms with Crippen LogP contribution in [0.2, 0.25) is 13.1 Å². The standard InChI is InChI=1S/C24H32OSi/c1-19(26(2,3)22-17-11-6-12-18-22)23(20-13-7-4-8-14-20)24(25)21-15-9-5-10-16-21/h5-6,9-12,15-18,20,23-25H,1,4,7-8,13-14H2,2-3H3/t23-,24+/m0/s1. The van der Waals surface area contributed by atoms with Crippen LogP contribution in [0, 0.1) is 11.8 Å². The van der Waals surface area contributed by atoms with Crippen LogP contribution in [-0.4, -0.2) is 13.2 Å². The van der Waals surface area contributed by atoms with Crippen LogP contribution in [-0.2, 0) is 0 Å². The molecular weight excluding hydrogens is 332 g/mol. The third-order valence-electron chi connectivity index (χ3n) is 6.34. The van der Waals surface area contributed by atoms with Gasteiger partial charge < -0.3 is 5.11 Å². The predicted molar refractivity (Wildman–Crippen MR) is 114 cm³/mol. The van der Waals surface area contributed by atoms with Gasteiger partial charge in [0.2, 0.25) is 0 Å². The van der Waals surface area contributed by atoms with Crippen molar-refractivity contribution in [3.8, 4) is 0 Å². The van der Waals surface area contributed by atoms with Gasteiger partial charge in [-0.3, -0.25) is 0 Å². The molecule has 0 spiro atoms. The molecule has 0 amide bonds. The first-order valence-corrected chi connectivity index (χ1v) is 13.0. The second-order valence-corrected chi connectivity index (χ2v) is 12.8. The van der Waals surface area contributed by atoms with E-state index in [0.29, 0.717) is 5.92 Å². The van der Waals surface area contributed by atoms with Crippen molar-refractivity contribution in [3.63, 3.8) is 0 Å². The predicted octanol–water partition coefficient (Wildman–Crippen LogP) is 5.63. The minimum absolute atomic E-state index is 0.152. The van der Waals surface area contributed by atoms with Crippen LogP contribution in [0.25, 0.3) is 0 Å².